The Morgan fingerprint density at radius 3 is 2.21 bits per heavy atom. The first kappa shape index (κ1) is 13.1. The van der Waals surface area contributed by atoms with E-state index in [2.05, 4.69) is 6.58 Å². The minimum Gasteiger partial charge on any atom is -0.398 e. The minimum absolute atomic E-state index is 0.0268. The first-order valence-corrected chi connectivity index (χ1v) is 6.85. The predicted molar refractivity (Wildman–Crippen MR) is 73.9 cm³/mol. The lowest BCUT2D eigenvalue weighted by molar-refractivity contribution is -0.113. The molecule has 0 heterocycles. The van der Waals surface area contributed by atoms with Crippen LogP contribution in [0.4, 0.5) is 5.69 Å². The van der Waals surface area contributed by atoms with Crippen molar-refractivity contribution in [3.8, 4) is 0 Å². The second-order valence-corrected chi connectivity index (χ2v) is 5.93. The first-order valence-electron chi connectivity index (χ1n) is 5.36. The van der Waals surface area contributed by atoms with Crippen LogP contribution in [0.15, 0.2) is 52.8 Å². The van der Waals surface area contributed by atoms with E-state index in [0.717, 1.165) is 0 Å². The number of anilines is 1. The molecule has 0 atom stereocenters. The van der Waals surface area contributed by atoms with E-state index in [1.54, 1.807) is 24.3 Å². The SMILES string of the molecule is C=C(C(N)=O)S(=O)(=O)c1ccc(N)c2ccccc12. The maximum atomic E-state index is 12.3. The zero-order valence-electron chi connectivity index (χ0n) is 9.96. The van der Waals surface area contributed by atoms with Gasteiger partial charge in [0.25, 0.3) is 5.91 Å². The maximum Gasteiger partial charge on any atom is 0.260 e. The molecule has 0 unspecified atom stereocenters. The molecule has 0 aliphatic heterocycles. The Balaban J connectivity index is 2.82. The molecule has 0 aliphatic rings. The third kappa shape index (κ3) is 2.06. The molecule has 0 bridgehead atoms. The van der Waals surface area contributed by atoms with E-state index in [0.29, 0.717) is 16.5 Å². The summed E-state index contributed by atoms with van der Waals surface area (Å²) in [4.78, 5) is 10.4. The van der Waals surface area contributed by atoms with Gasteiger partial charge in [-0.3, -0.25) is 4.79 Å². The lowest BCUT2D eigenvalue weighted by Crippen LogP contribution is -2.20. The number of hydrogen-bond acceptors (Lipinski definition) is 4. The molecule has 0 aromatic heterocycles. The van der Waals surface area contributed by atoms with Gasteiger partial charge < -0.3 is 11.5 Å². The quantitative estimate of drug-likeness (QED) is 0.649. The van der Waals surface area contributed by atoms with Crippen molar-refractivity contribution in [3.05, 3.63) is 47.9 Å². The summed E-state index contributed by atoms with van der Waals surface area (Å²) < 4.78 is 24.5. The van der Waals surface area contributed by atoms with Crippen molar-refractivity contribution in [2.75, 3.05) is 5.73 Å². The fourth-order valence-corrected chi connectivity index (χ4v) is 3.04. The van der Waals surface area contributed by atoms with Gasteiger partial charge in [-0.05, 0) is 12.1 Å². The Morgan fingerprint density at radius 1 is 1.05 bits per heavy atom. The summed E-state index contributed by atoms with van der Waals surface area (Å²) in [6.07, 6.45) is 0. The van der Waals surface area contributed by atoms with Gasteiger partial charge in [0.2, 0.25) is 9.84 Å². The number of benzene rings is 2. The summed E-state index contributed by atoms with van der Waals surface area (Å²) >= 11 is 0. The summed E-state index contributed by atoms with van der Waals surface area (Å²) in [5.41, 5.74) is 11.2. The molecule has 0 fully saturated rings. The van der Waals surface area contributed by atoms with Gasteiger partial charge in [0.05, 0.1) is 4.90 Å². The number of rotatable bonds is 3. The monoisotopic (exact) mass is 276 g/mol. The normalized spacial score (nSPS) is 11.4. The molecule has 2 rings (SSSR count). The molecule has 5 nitrogen and oxygen atoms in total. The topological polar surface area (TPSA) is 103 Å². The highest BCUT2D eigenvalue weighted by Crippen LogP contribution is 2.30. The molecule has 1 amide bonds. The summed E-state index contributed by atoms with van der Waals surface area (Å²) in [6, 6.07) is 9.58. The van der Waals surface area contributed by atoms with Crippen LogP contribution in [0.5, 0.6) is 0 Å². The van der Waals surface area contributed by atoms with Crippen molar-refractivity contribution in [2.45, 2.75) is 4.90 Å². The minimum atomic E-state index is -4.01. The van der Waals surface area contributed by atoms with Crippen molar-refractivity contribution in [1.29, 1.82) is 0 Å². The van der Waals surface area contributed by atoms with Gasteiger partial charge in [-0.15, -0.1) is 0 Å². The van der Waals surface area contributed by atoms with E-state index in [9.17, 15) is 13.2 Å². The van der Waals surface area contributed by atoms with E-state index < -0.39 is 20.6 Å². The zero-order chi connectivity index (χ0) is 14.2. The van der Waals surface area contributed by atoms with E-state index in [4.69, 9.17) is 11.5 Å². The molecule has 0 aliphatic carbocycles. The number of hydrogen-bond donors (Lipinski definition) is 2. The average molecular weight is 276 g/mol. The lowest BCUT2D eigenvalue weighted by Gasteiger charge is -2.09. The summed E-state index contributed by atoms with van der Waals surface area (Å²) in [5.74, 6) is -1.07. The number of primary amides is 1. The Hall–Kier alpha value is -2.34. The highest BCUT2D eigenvalue weighted by Gasteiger charge is 2.25. The standard InChI is InChI=1S/C13H12N2O3S/c1-8(13(15)16)19(17,18)12-7-6-11(14)9-4-2-3-5-10(9)12/h2-7H,1,14H2,(H2,15,16). The second-order valence-electron chi connectivity index (χ2n) is 3.99. The van der Waals surface area contributed by atoms with Crippen LogP contribution in [-0.4, -0.2) is 14.3 Å². The molecular formula is C13H12N2O3S. The van der Waals surface area contributed by atoms with E-state index >= 15 is 0 Å². The largest absolute Gasteiger partial charge is 0.398 e. The number of nitrogens with two attached hydrogens (primary N) is 2. The Bertz CT molecular complexity index is 795. The molecule has 0 saturated carbocycles. The van der Waals surface area contributed by atoms with E-state index in [1.165, 1.54) is 12.1 Å². The van der Waals surface area contributed by atoms with Crippen molar-refractivity contribution in [2.24, 2.45) is 5.73 Å². The number of fused-ring (bicyclic) bond motifs is 1. The maximum absolute atomic E-state index is 12.3. The van der Waals surface area contributed by atoms with E-state index in [-0.39, 0.29) is 4.90 Å². The van der Waals surface area contributed by atoms with Gasteiger partial charge in [-0.1, -0.05) is 30.8 Å². The van der Waals surface area contributed by atoms with Gasteiger partial charge in [0, 0.05) is 16.5 Å². The summed E-state index contributed by atoms with van der Waals surface area (Å²) in [6.45, 7) is 3.24. The molecule has 6 heteroatoms. The van der Waals surface area contributed by atoms with Crippen LogP contribution in [0, 0.1) is 0 Å². The molecule has 2 aromatic rings. The van der Waals surface area contributed by atoms with Crippen LogP contribution in [0.25, 0.3) is 10.8 Å². The van der Waals surface area contributed by atoms with Gasteiger partial charge >= 0.3 is 0 Å². The highest BCUT2D eigenvalue weighted by molar-refractivity contribution is 7.96. The van der Waals surface area contributed by atoms with Gasteiger partial charge in [-0.25, -0.2) is 8.42 Å². The number of carbonyl (C=O) groups excluding carboxylic acids is 1. The Morgan fingerprint density at radius 2 is 1.63 bits per heavy atom. The van der Waals surface area contributed by atoms with Gasteiger partial charge in [-0.2, -0.15) is 0 Å². The lowest BCUT2D eigenvalue weighted by atomic mass is 10.1. The molecule has 0 saturated heterocycles. The predicted octanol–water partition coefficient (Wildman–Crippen LogP) is 1.19. The molecule has 0 spiro atoms. The van der Waals surface area contributed by atoms with Crippen LogP contribution in [0.3, 0.4) is 0 Å². The first-order chi connectivity index (χ1) is 8.85. The van der Waals surface area contributed by atoms with Gasteiger partial charge in [0.1, 0.15) is 4.91 Å². The number of nitrogen functional groups attached to an aromatic ring is 1. The molecule has 4 N–H and O–H groups in total. The van der Waals surface area contributed by atoms with Crippen molar-refractivity contribution in [3.63, 3.8) is 0 Å². The Kier molecular flexibility index (Phi) is 3.03. The third-order valence-corrected chi connectivity index (χ3v) is 4.59. The molecule has 19 heavy (non-hydrogen) atoms. The average Bonchev–Trinajstić information content (AvgIpc) is 2.38. The molecule has 2 aromatic carbocycles. The Labute approximate surface area is 110 Å². The summed E-state index contributed by atoms with van der Waals surface area (Å²) in [5, 5.41) is 1.03. The molecule has 98 valence electrons. The van der Waals surface area contributed by atoms with Crippen molar-refractivity contribution in [1.82, 2.24) is 0 Å². The van der Waals surface area contributed by atoms with Crippen LogP contribution in [-0.2, 0) is 14.6 Å². The van der Waals surface area contributed by atoms with Crippen LogP contribution in [0.1, 0.15) is 0 Å². The fourth-order valence-electron chi connectivity index (χ4n) is 1.79. The van der Waals surface area contributed by atoms with Gasteiger partial charge in [0.15, 0.2) is 0 Å². The smallest absolute Gasteiger partial charge is 0.260 e. The number of carbonyl (C=O) groups is 1. The molecular weight excluding hydrogens is 264 g/mol. The van der Waals surface area contributed by atoms with E-state index in [1.807, 2.05) is 0 Å². The fraction of sp³-hybridized carbons (Fsp3) is 0. The zero-order valence-corrected chi connectivity index (χ0v) is 10.8. The van der Waals surface area contributed by atoms with Crippen LogP contribution >= 0.6 is 0 Å². The number of amides is 1. The third-order valence-electron chi connectivity index (χ3n) is 2.81. The van der Waals surface area contributed by atoms with Crippen LogP contribution in [0.2, 0.25) is 0 Å². The highest BCUT2D eigenvalue weighted by atomic mass is 32.2. The molecule has 0 radical (unpaired) electrons. The number of sulfone groups is 1. The van der Waals surface area contributed by atoms with Crippen molar-refractivity contribution < 1.29 is 13.2 Å². The second kappa shape index (κ2) is 4.40. The van der Waals surface area contributed by atoms with Crippen molar-refractivity contribution >= 4 is 32.2 Å². The summed E-state index contributed by atoms with van der Waals surface area (Å²) in [7, 11) is -4.01. The van der Waals surface area contributed by atoms with Crippen LogP contribution < -0.4 is 11.5 Å².